The van der Waals surface area contributed by atoms with Crippen molar-refractivity contribution in [3.05, 3.63) is 48.6 Å². The summed E-state index contributed by atoms with van der Waals surface area (Å²) in [6.45, 7) is 0. The Morgan fingerprint density at radius 3 is 1.46 bits per heavy atom. The third-order valence-electron chi connectivity index (χ3n) is 2.17. The van der Waals surface area contributed by atoms with Crippen LogP contribution in [0.3, 0.4) is 0 Å². The topological polar surface area (TPSA) is 0 Å². The molecule has 0 saturated carbocycles. The van der Waals surface area contributed by atoms with Gasteiger partial charge in [0.25, 0.3) is 0 Å². The quantitative estimate of drug-likeness (QED) is 0.661. The second-order valence-corrected chi connectivity index (χ2v) is 9.36. The Labute approximate surface area is 97.7 Å². The van der Waals surface area contributed by atoms with Gasteiger partial charge in [-0.2, -0.15) is 0 Å². The van der Waals surface area contributed by atoms with Crippen LogP contribution in [0.1, 0.15) is 0 Å². The standard InChI is InChI=1S/2C5H5.CH2.2Ti/c2*1-2-4-5-3-1;;;/h2*1-5H;1H2;;. The van der Waals surface area contributed by atoms with Crippen LogP contribution in [0.25, 0.3) is 0 Å². The number of hydrogen-bond acceptors (Lipinski definition) is 0. The molecule has 2 aliphatic rings. The maximum absolute atomic E-state index is 2.37. The van der Waals surface area contributed by atoms with Gasteiger partial charge >= 0.3 is 98.4 Å². The summed E-state index contributed by atoms with van der Waals surface area (Å²) in [7, 11) is 0. The third kappa shape index (κ3) is 3.22. The second-order valence-electron chi connectivity index (χ2n) is 3.18. The normalized spacial score (nSPS) is 20.3. The van der Waals surface area contributed by atoms with Crippen LogP contribution in [0.15, 0.2) is 48.6 Å². The molecule has 0 N–H and O–H groups in total. The second kappa shape index (κ2) is 5.31. The zero-order chi connectivity index (χ0) is 8.93. The fourth-order valence-corrected chi connectivity index (χ4v) is 7.69. The molecule has 0 heterocycles. The van der Waals surface area contributed by atoms with Crippen LogP contribution in [0.5, 0.6) is 0 Å². The first-order valence-corrected chi connectivity index (χ1v) is 8.63. The Morgan fingerprint density at radius 2 is 1.08 bits per heavy atom. The molecule has 0 aromatic rings. The third-order valence-corrected chi connectivity index (χ3v) is 8.11. The van der Waals surface area contributed by atoms with E-state index in [0.29, 0.717) is 0 Å². The molecule has 0 aromatic carbocycles. The van der Waals surface area contributed by atoms with E-state index in [9.17, 15) is 0 Å². The van der Waals surface area contributed by atoms with Crippen molar-refractivity contribution in [1.29, 1.82) is 0 Å². The monoisotopic (exact) mass is 240 g/mol. The van der Waals surface area contributed by atoms with E-state index >= 15 is 0 Å². The summed E-state index contributed by atoms with van der Waals surface area (Å²) in [5.41, 5.74) is 0. The van der Waals surface area contributed by atoms with Crippen molar-refractivity contribution in [3.63, 3.8) is 0 Å². The molecule has 2 heteroatoms. The van der Waals surface area contributed by atoms with Crippen molar-refractivity contribution in [3.8, 4) is 0 Å². The molecule has 0 atom stereocenters. The fraction of sp³-hybridized carbons (Fsp3) is 0.273. The van der Waals surface area contributed by atoms with Crippen molar-refractivity contribution in [2.45, 2.75) is 11.5 Å². The van der Waals surface area contributed by atoms with E-state index in [4.69, 9.17) is 0 Å². The summed E-state index contributed by atoms with van der Waals surface area (Å²) < 4.78 is 3.33. The molecule has 13 heavy (non-hydrogen) atoms. The summed E-state index contributed by atoms with van der Waals surface area (Å²) in [6.07, 6.45) is 18.3. The predicted molar refractivity (Wildman–Crippen MR) is 48.9 cm³/mol. The van der Waals surface area contributed by atoms with Gasteiger partial charge in [-0.05, 0) is 0 Å². The van der Waals surface area contributed by atoms with Crippen molar-refractivity contribution in [2.75, 3.05) is 0 Å². The average Bonchev–Trinajstić information content (AvgIpc) is 2.75. The minimum absolute atomic E-state index is 0.288. The molecule has 0 nitrogen and oxygen atoms in total. The van der Waals surface area contributed by atoms with Crippen LogP contribution < -0.4 is 0 Å². The van der Waals surface area contributed by atoms with Crippen molar-refractivity contribution >= 4 is 0 Å². The van der Waals surface area contributed by atoms with Crippen LogP contribution in [0.4, 0.5) is 0 Å². The van der Waals surface area contributed by atoms with Gasteiger partial charge in [0.05, 0.1) is 0 Å². The van der Waals surface area contributed by atoms with E-state index in [-0.39, 0.29) is 38.3 Å². The van der Waals surface area contributed by atoms with Crippen molar-refractivity contribution in [1.82, 2.24) is 0 Å². The molecule has 0 aliphatic heterocycles. The first-order valence-electron chi connectivity index (χ1n) is 4.62. The zero-order valence-corrected chi connectivity index (χ0v) is 10.6. The molecule has 0 radical (unpaired) electrons. The number of allylic oxidation sites excluding steroid dienone is 8. The minimum atomic E-state index is 0.288. The van der Waals surface area contributed by atoms with Gasteiger partial charge in [0.2, 0.25) is 0 Å². The first kappa shape index (κ1) is 9.93. The van der Waals surface area contributed by atoms with Gasteiger partial charge in [0.1, 0.15) is 0 Å². The van der Waals surface area contributed by atoms with E-state index in [1.165, 1.54) is 0 Å². The van der Waals surface area contributed by atoms with Crippen LogP contribution in [-0.2, 0) is 38.3 Å². The van der Waals surface area contributed by atoms with Crippen LogP contribution in [-0.4, -0.2) is 0 Å². The Kier molecular flexibility index (Phi) is 4.06. The Hall–Kier alpha value is 0.389. The molecule has 0 aromatic heterocycles. The van der Waals surface area contributed by atoms with Gasteiger partial charge in [0.15, 0.2) is 0 Å². The summed E-state index contributed by atoms with van der Waals surface area (Å²) in [6, 6.07) is 0. The van der Waals surface area contributed by atoms with Crippen LogP contribution >= 0.6 is 0 Å². The SMILES string of the molecule is C1=C[CH]([Ti][CH2][Ti][CH]2C=CC=C2)C=C1. The molecule has 2 rings (SSSR count). The van der Waals surface area contributed by atoms with Gasteiger partial charge in [-0.25, -0.2) is 0 Å². The van der Waals surface area contributed by atoms with E-state index < -0.39 is 0 Å². The van der Waals surface area contributed by atoms with Gasteiger partial charge in [-0.3, -0.25) is 0 Å². The summed E-state index contributed by atoms with van der Waals surface area (Å²) >= 11 is 0.576. The van der Waals surface area contributed by atoms with E-state index in [1.54, 1.807) is 3.03 Å². The van der Waals surface area contributed by atoms with Crippen molar-refractivity contribution in [2.24, 2.45) is 0 Å². The number of rotatable bonds is 4. The zero-order valence-electron chi connectivity index (χ0n) is 7.48. The van der Waals surface area contributed by atoms with Crippen LogP contribution in [0, 0.1) is 0 Å². The van der Waals surface area contributed by atoms with Gasteiger partial charge in [0, 0.05) is 0 Å². The predicted octanol–water partition coefficient (Wildman–Crippen LogP) is 3.36. The first-order chi connectivity index (χ1) is 6.45. The Morgan fingerprint density at radius 1 is 0.692 bits per heavy atom. The summed E-state index contributed by atoms with van der Waals surface area (Å²) in [4.78, 5) is 0. The molecule has 0 bridgehead atoms. The van der Waals surface area contributed by atoms with E-state index in [2.05, 4.69) is 48.6 Å². The molecule has 2 aliphatic carbocycles. The molecule has 0 amide bonds. The van der Waals surface area contributed by atoms with E-state index in [1.807, 2.05) is 0 Å². The molecule has 0 spiro atoms. The van der Waals surface area contributed by atoms with Gasteiger partial charge in [-0.15, -0.1) is 0 Å². The molecular formula is C11H12Ti2. The van der Waals surface area contributed by atoms with Crippen LogP contribution in [0.2, 0.25) is 11.5 Å². The average molecular weight is 240 g/mol. The Balaban J connectivity index is 1.63. The maximum atomic E-state index is 2.37. The van der Waals surface area contributed by atoms with E-state index in [0.717, 1.165) is 8.45 Å². The number of hydrogen-bond donors (Lipinski definition) is 0. The van der Waals surface area contributed by atoms with Crippen molar-refractivity contribution < 1.29 is 38.3 Å². The summed E-state index contributed by atoms with van der Waals surface area (Å²) in [5, 5.41) is 0. The molecule has 64 valence electrons. The Bertz CT molecular complexity index is 222. The van der Waals surface area contributed by atoms with Gasteiger partial charge in [-0.1, -0.05) is 0 Å². The molecule has 0 fully saturated rings. The summed E-state index contributed by atoms with van der Waals surface area (Å²) in [5.74, 6) is 0. The molecular weight excluding hydrogens is 228 g/mol. The molecule has 0 unspecified atom stereocenters. The molecule has 0 saturated heterocycles. The van der Waals surface area contributed by atoms with Gasteiger partial charge < -0.3 is 0 Å². The fourth-order valence-electron chi connectivity index (χ4n) is 1.43.